The van der Waals surface area contributed by atoms with E-state index in [2.05, 4.69) is 30.6 Å². The minimum absolute atomic E-state index is 0.0939. The number of amides is 1. The van der Waals surface area contributed by atoms with E-state index in [1.807, 2.05) is 56.3 Å². The van der Waals surface area contributed by atoms with Crippen LogP contribution in [-0.4, -0.2) is 37.4 Å². The van der Waals surface area contributed by atoms with E-state index in [0.29, 0.717) is 42.0 Å². The summed E-state index contributed by atoms with van der Waals surface area (Å²) in [4.78, 5) is 22.3. The lowest BCUT2D eigenvalue weighted by Crippen LogP contribution is -2.39. The first-order valence-corrected chi connectivity index (χ1v) is 15.1. The second kappa shape index (κ2) is 11.9. The third kappa shape index (κ3) is 6.67. The van der Waals surface area contributed by atoms with Crippen LogP contribution < -0.4 is 20.7 Å². The number of nitrogens with one attached hydrogen (secondary N) is 4. The predicted molar refractivity (Wildman–Crippen MR) is 162 cm³/mol. The van der Waals surface area contributed by atoms with E-state index < -0.39 is 15.4 Å². The summed E-state index contributed by atoms with van der Waals surface area (Å²) in [6.07, 6.45) is 2.30. The van der Waals surface area contributed by atoms with E-state index in [-0.39, 0.29) is 17.3 Å². The van der Waals surface area contributed by atoms with Gasteiger partial charge in [0.25, 0.3) is 0 Å². The fourth-order valence-electron chi connectivity index (χ4n) is 4.46. The van der Waals surface area contributed by atoms with Gasteiger partial charge in [-0.05, 0) is 67.3 Å². The third-order valence-corrected chi connectivity index (χ3v) is 8.65. The molecule has 1 aliphatic heterocycles. The van der Waals surface area contributed by atoms with E-state index >= 15 is 0 Å². The molecule has 0 unspecified atom stereocenters. The summed E-state index contributed by atoms with van der Waals surface area (Å²) in [7, 11) is -3.62. The molecule has 0 fully saturated rings. The molecule has 4 bridgehead atoms. The maximum Gasteiger partial charge on any atom is 0.240 e. The van der Waals surface area contributed by atoms with Crippen molar-refractivity contribution in [3.8, 4) is 11.1 Å². The first kappa shape index (κ1) is 28.5. The Balaban J connectivity index is 1.32. The molecule has 1 aromatic heterocycles. The lowest BCUT2D eigenvalue weighted by Gasteiger charge is -2.24. The summed E-state index contributed by atoms with van der Waals surface area (Å²) in [5, 5.41) is 10.1. The van der Waals surface area contributed by atoms with Gasteiger partial charge in [-0.2, -0.15) is 4.98 Å². The smallest absolute Gasteiger partial charge is 0.240 e. The summed E-state index contributed by atoms with van der Waals surface area (Å²) in [5.74, 6) is 0.883. The molecule has 5 rings (SSSR count). The summed E-state index contributed by atoms with van der Waals surface area (Å²) in [6, 6.07) is 21.7. The molecular weight excluding hydrogens is 560 g/mol. The van der Waals surface area contributed by atoms with Crippen molar-refractivity contribution >= 4 is 45.0 Å². The van der Waals surface area contributed by atoms with E-state index in [4.69, 9.17) is 11.6 Å². The van der Waals surface area contributed by atoms with Crippen molar-refractivity contribution in [2.75, 3.05) is 23.7 Å². The standard InChI is InChI=1S/C30H31ClN6O3S/c1-30(2,22-6-3-7-23(31)16-22)28(38)33-18-20-10-12-21(13-11-20)26-19-34-29-36-24-8-4-9-25(17-24)41(39,40)35-15-5-14-32-27(26)37-29/h3-4,6-13,16-17,19,35H,5,14-15,18H2,1-2H3,(H,33,38)(H2,32,34,36,37). The van der Waals surface area contributed by atoms with Gasteiger partial charge >= 0.3 is 0 Å². The second-order valence-electron chi connectivity index (χ2n) is 10.3. The summed E-state index contributed by atoms with van der Waals surface area (Å²) < 4.78 is 27.9. The minimum Gasteiger partial charge on any atom is -0.369 e. The molecule has 2 heterocycles. The molecule has 4 aromatic rings. The average molecular weight is 591 g/mol. The Bertz CT molecular complexity index is 1680. The minimum atomic E-state index is -3.62. The molecule has 1 amide bonds. The molecule has 3 aromatic carbocycles. The molecule has 0 spiro atoms. The second-order valence-corrected chi connectivity index (χ2v) is 12.5. The monoisotopic (exact) mass is 590 g/mol. The van der Waals surface area contributed by atoms with Gasteiger partial charge in [0.15, 0.2) is 0 Å². The molecule has 1 aliphatic rings. The van der Waals surface area contributed by atoms with Gasteiger partial charge in [-0.25, -0.2) is 18.1 Å². The number of hydrogen-bond acceptors (Lipinski definition) is 7. The number of halogens is 1. The topological polar surface area (TPSA) is 125 Å². The molecular formula is C30H31ClN6O3S. The fourth-order valence-corrected chi connectivity index (χ4v) is 5.77. The number of benzene rings is 3. The van der Waals surface area contributed by atoms with Gasteiger partial charge < -0.3 is 16.0 Å². The van der Waals surface area contributed by atoms with Crippen LogP contribution >= 0.6 is 11.6 Å². The average Bonchev–Trinajstić information content (AvgIpc) is 2.96. The molecule has 41 heavy (non-hydrogen) atoms. The highest BCUT2D eigenvalue weighted by Gasteiger charge is 2.29. The molecule has 9 nitrogen and oxygen atoms in total. The first-order chi connectivity index (χ1) is 19.6. The lowest BCUT2D eigenvalue weighted by molar-refractivity contribution is -0.125. The van der Waals surface area contributed by atoms with E-state index in [0.717, 1.165) is 22.3 Å². The third-order valence-electron chi connectivity index (χ3n) is 6.96. The molecule has 0 aliphatic carbocycles. The number of aromatic nitrogens is 2. The van der Waals surface area contributed by atoms with Crippen LogP contribution in [0.3, 0.4) is 0 Å². The van der Waals surface area contributed by atoms with Crippen molar-refractivity contribution < 1.29 is 13.2 Å². The van der Waals surface area contributed by atoms with E-state index in [1.165, 1.54) is 0 Å². The van der Waals surface area contributed by atoms with Crippen molar-refractivity contribution in [3.05, 3.63) is 95.1 Å². The maximum atomic E-state index is 13.0. The Morgan fingerprint density at radius 2 is 1.80 bits per heavy atom. The molecule has 0 saturated carbocycles. The highest BCUT2D eigenvalue weighted by Crippen LogP contribution is 2.29. The van der Waals surface area contributed by atoms with Crippen LogP contribution in [0.25, 0.3) is 11.1 Å². The predicted octanol–water partition coefficient (Wildman–Crippen LogP) is 5.23. The number of rotatable bonds is 5. The summed E-state index contributed by atoms with van der Waals surface area (Å²) in [5.41, 5.74) is 3.33. The molecule has 0 saturated heterocycles. The zero-order valence-corrected chi connectivity index (χ0v) is 24.3. The molecule has 0 atom stereocenters. The van der Waals surface area contributed by atoms with Gasteiger partial charge in [0.1, 0.15) is 5.82 Å². The van der Waals surface area contributed by atoms with Gasteiger partial charge in [0, 0.05) is 42.1 Å². The van der Waals surface area contributed by atoms with Crippen LogP contribution in [0.5, 0.6) is 0 Å². The van der Waals surface area contributed by atoms with Crippen LogP contribution in [0, 0.1) is 0 Å². The SMILES string of the molecule is CC(C)(C(=O)NCc1ccc(-c2cnc3nc2NCCCNS(=O)(=O)c2cccc(c2)N3)cc1)c1cccc(Cl)c1. The van der Waals surface area contributed by atoms with Gasteiger partial charge in [-0.3, -0.25) is 4.79 Å². The van der Waals surface area contributed by atoms with Crippen LogP contribution in [-0.2, 0) is 26.8 Å². The van der Waals surface area contributed by atoms with Gasteiger partial charge in [0.2, 0.25) is 21.9 Å². The van der Waals surface area contributed by atoms with Crippen molar-refractivity contribution in [1.82, 2.24) is 20.0 Å². The normalized spacial score (nSPS) is 14.8. The Hall–Kier alpha value is -3.99. The molecule has 11 heteroatoms. The van der Waals surface area contributed by atoms with Crippen LogP contribution in [0.2, 0.25) is 5.02 Å². The number of carbonyl (C=O) groups is 1. The Kier molecular flexibility index (Phi) is 8.25. The number of nitrogens with zero attached hydrogens (tertiary/aromatic N) is 2. The lowest BCUT2D eigenvalue weighted by atomic mass is 9.83. The van der Waals surface area contributed by atoms with Crippen molar-refractivity contribution in [3.63, 3.8) is 0 Å². The Morgan fingerprint density at radius 1 is 1.02 bits per heavy atom. The number of hydrogen-bond donors (Lipinski definition) is 4. The molecule has 212 valence electrons. The van der Waals surface area contributed by atoms with Crippen LogP contribution in [0.1, 0.15) is 31.4 Å². The van der Waals surface area contributed by atoms with Crippen molar-refractivity contribution in [1.29, 1.82) is 0 Å². The fraction of sp³-hybridized carbons (Fsp3) is 0.233. The summed E-state index contributed by atoms with van der Waals surface area (Å²) in [6.45, 7) is 4.92. The van der Waals surface area contributed by atoms with Gasteiger partial charge in [-0.1, -0.05) is 54.1 Å². The van der Waals surface area contributed by atoms with Crippen LogP contribution in [0.15, 0.2) is 83.9 Å². The highest BCUT2D eigenvalue weighted by molar-refractivity contribution is 7.89. The first-order valence-electron chi connectivity index (χ1n) is 13.2. The summed E-state index contributed by atoms with van der Waals surface area (Å²) >= 11 is 6.13. The number of anilines is 3. The van der Waals surface area contributed by atoms with E-state index in [1.54, 1.807) is 36.5 Å². The quantitative estimate of drug-likeness (QED) is 0.251. The molecule has 0 radical (unpaired) electrons. The molecule has 4 N–H and O–H groups in total. The maximum absolute atomic E-state index is 13.0. The number of carbonyl (C=O) groups excluding carboxylic acids is 1. The number of sulfonamides is 1. The number of fused-ring (bicyclic) bond motifs is 4. The van der Waals surface area contributed by atoms with E-state index in [9.17, 15) is 13.2 Å². The van der Waals surface area contributed by atoms with Crippen molar-refractivity contribution in [2.45, 2.75) is 37.1 Å². The Morgan fingerprint density at radius 3 is 2.59 bits per heavy atom. The highest BCUT2D eigenvalue weighted by atomic mass is 35.5. The Labute approximate surface area is 244 Å². The largest absolute Gasteiger partial charge is 0.369 e. The van der Waals surface area contributed by atoms with Gasteiger partial charge in [-0.15, -0.1) is 0 Å². The van der Waals surface area contributed by atoms with Crippen LogP contribution in [0.4, 0.5) is 17.5 Å². The van der Waals surface area contributed by atoms with Gasteiger partial charge in [0.05, 0.1) is 10.3 Å². The zero-order valence-electron chi connectivity index (χ0n) is 22.7. The van der Waals surface area contributed by atoms with Crippen molar-refractivity contribution in [2.24, 2.45) is 0 Å². The zero-order chi connectivity index (χ0) is 29.0.